The van der Waals surface area contributed by atoms with Gasteiger partial charge in [-0.2, -0.15) is 0 Å². The largest absolute Gasteiger partial charge is 0.451 e. The summed E-state index contributed by atoms with van der Waals surface area (Å²) < 4.78 is 35.8. The first-order valence-corrected chi connectivity index (χ1v) is 12.1. The van der Waals surface area contributed by atoms with Gasteiger partial charge in [0.15, 0.2) is 15.6 Å². The van der Waals surface area contributed by atoms with Crippen molar-refractivity contribution in [3.63, 3.8) is 0 Å². The number of furan rings is 1. The van der Waals surface area contributed by atoms with Crippen LogP contribution in [0.1, 0.15) is 34.5 Å². The Morgan fingerprint density at radius 1 is 1.10 bits per heavy atom. The maximum absolute atomic E-state index is 13.6. The average molecular weight is 428 g/mol. The molecule has 1 aliphatic heterocycles. The maximum atomic E-state index is 13.6. The number of nitrogens with zero attached hydrogens (tertiary/aromatic N) is 1. The van der Waals surface area contributed by atoms with Gasteiger partial charge in [0.25, 0.3) is 5.91 Å². The van der Waals surface area contributed by atoms with Crippen LogP contribution in [0.2, 0.25) is 0 Å². The third kappa shape index (κ3) is 4.74. The molecule has 30 heavy (non-hydrogen) atoms. The number of carbonyl (C=O) groups excluding carboxylic acids is 1. The number of fused-ring (bicyclic) bond motifs is 1. The monoisotopic (exact) mass is 427 g/mol. The van der Waals surface area contributed by atoms with Gasteiger partial charge in [-0.15, -0.1) is 0 Å². The van der Waals surface area contributed by atoms with E-state index in [1.807, 2.05) is 36.4 Å². The smallest absolute Gasteiger partial charge is 0.290 e. The van der Waals surface area contributed by atoms with Crippen molar-refractivity contribution < 1.29 is 22.4 Å². The van der Waals surface area contributed by atoms with E-state index in [4.69, 9.17) is 9.15 Å². The molecule has 0 spiro atoms. The molecule has 3 aromatic rings. The Hall–Kier alpha value is -2.64. The molecule has 1 unspecified atom stereocenters. The molecule has 2 heterocycles. The Morgan fingerprint density at radius 2 is 1.83 bits per heavy atom. The first-order chi connectivity index (χ1) is 14.4. The van der Waals surface area contributed by atoms with E-state index in [0.29, 0.717) is 36.2 Å². The predicted octanol–water partition coefficient (Wildman–Crippen LogP) is 3.80. The summed E-state index contributed by atoms with van der Waals surface area (Å²) in [5.41, 5.74) is 1.92. The summed E-state index contributed by atoms with van der Waals surface area (Å²) in [6.07, 6.45) is 3.01. The molecular weight excluding hydrogens is 402 g/mol. The summed E-state index contributed by atoms with van der Waals surface area (Å²) >= 11 is 0. The number of hydrogen-bond acceptors (Lipinski definition) is 5. The quantitative estimate of drug-likeness (QED) is 0.573. The fourth-order valence-electron chi connectivity index (χ4n) is 3.88. The number of carbonyl (C=O) groups is 1. The van der Waals surface area contributed by atoms with Gasteiger partial charge >= 0.3 is 0 Å². The lowest BCUT2D eigenvalue weighted by atomic mass is 10.1. The highest BCUT2D eigenvalue weighted by atomic mass is 32.2. The molecule has 0 radical (unpaired) electrons. The Kier molecular flexibility index (Phi) is 5.92. The van der Waals surface area contributed by atoms with Crippen LogP contribution in [0.5, 0.6) is 0 Å². The molecule has 1 saturated heterocycles. The first kappa shape index (κ1) is 20.6. The lowest BCUT2D eigenvalue weighted by Gasteiger charge is -2.25. The van der Waals surface area contributed by atoms with Crippen molar-refractivity contribution in [2.24, 2.45) is 0 Å². The third-order valence-electron chi connectivity index (χ3n) is 5.25. The van der Waals surface area contributed by atoms with Gasteiger partial charge in [0.2, 0.25) is 0 Å². The fraction of sp³-hybridized carbons (Fsp3) is 0.348. The molecular formula is C23H25NO5S. The van der Waals surface area contributed by atoms with Crippen molar-refractivity contribution in [3.8, 4) is 0 Å². The summed E-state index contributed by atoms with van der Waals surface area (Å²) in [6, 6.07) is 16.9. The minimum absolute atomic E-state index is 0.0274. The molecule has 1 aliphatic rings. The molecule has 2 aromatic carbocycles. The van der Waals surface area contributed by atoms with E-state index in [-0.39, 0.29) is 23.5 Å². The van der Waals surface area contributed by atoms with E-state index < -0.39 is 9.84 Å². The van der Waals surface area contributed by atoms with Crippen LogP contribution < -0.4 is 0 Å². The molecule has 0 bridgehead atoms. The van der Waals surface area contributed by atoms with Crippen LogP contribution in [0.4, 0.5) is 0 Å². The number of para-hydroxylation sites is 1. The third-order valence-corrected chi connectivity index (χ3v) is 6.06. The van der Waals surface area contributed by atoms with Crippen LogP contribution in [0, 0.1) is 0 Å². The minimum Gasteiger partial charge on any atom is -0.451 e. The van der Waals surface area contributed by atoms with Gasteiger partial charge in [-0.25, -0.2) is 8.42 Å². The lowest BCUT2D eigenvalue weighted by Crippen LogP contribution is -2.37. The van der Waals surface area contributed by atoms with Gasteiger partial charge in [0, 0.05) is 36.9 Å². The Bertz CT molecular complexity index is 1130. The van der Waals surface area contributed by atoms with E-state index >= 15 is 0 Å². The summed E-state index contributed by atoms with van der Waals surface area (Å²) in [6.45, 7) is 1.53. The molecule has 0 aliphatic carbocycles. The van der Waals surface area contributed by atoms with Crippen LogP contribution in [0.3, 0.4) is 0 Å². The topological polar surface area (TPSA) is 76.8 Å². The van der Waals surface area contributed by atoms with Crippen LogP contribution in [-0.4, -0.2) is 44.7 Å². The van der Waals surface area contributed by atoms with E-state index in [2.05, 4.69) is 0 Å². The summed E-state index contributed by atoms with van der Waals surface area (Å²) in [5, 5.41) is 0.656. The second-order valence-corrected chi connectivity index (χ2v) is 9.92. The van der Waals surface area contributed by atoms with Gasteiger partial charge in [-0.05, 0) is 24.5 Å². The average Bonchev–Trinajstić information content (AvgIpc) is 3.35. The van der Waals surface area contributed by atoms with Crippen LogP contribution >= 0.6 is 0 Å². The molecule has 7 heteroatoms. The lowest BCUT2D eigenvalue weighted by molar-refractivity contribution is 0.0485. The fourth-order valence-corrected chi connectivity index (χ4v) is 4.69. The molecule has 1 fully saturated rings. The summed E-state index contributed by atoms with van der Waals surface area (Å²) in [5.74, 6) is -0.468. The van der Waals surface area contributed by atoms with Crippen LogP contribution in [-0.2, 0) is 26.9 Å². The second-order valence-electron chi connectivity index (χ2n) is 7.78. The number of ether oxygens (including phenoxy) is 1. The number of hydrogen-bond donors (Lipinski definition) is 0. The molecule has 158 valence electrons. The van der Waals surface area contributed by atoms with Gasteiger partial charge in [-0.3, -0.25) is 4.79 Å². The highest BCUT2D eigenvalue weighted by molar-refractivity contribution is 7.89. The normalized spacial score (nSPS) is 16.8. The SMILES string of the molecule is CS(=O)(=O)Cc1c(C(=O)N(Cc2ccccc2)CC2CCCO2)oc2ccccc12. The Balaban J connectivity index is 1.72. The van der Waals surface area contributed by atoms with Crippen molar-refractivity contribution in [2.75, 3.05) is 19.4 Å². The molecule has 1 atom stereocenters. The number of sulfone groups is 1. The molecule has 0 saturated carbocycles. The van der Waals surface area contributed by atoms with Gasteiger partial charge in [-0.1, -0.05) is 48.5 Å². The van der Waals surface area contributed by atoms with Gasteiger partial charge in [0.1, 0.15) is 5.58 Å². The van der Waals surface area contributed by atoms with E-state index in [1.165, 1.54) is 0 Å². The zero-order chi connectivity index (χ0) is 21.1. The molecule has 4 rings (SSSR count). The van der Waals surface area contributed by atoms with Gasteiger partial charge < -0.3 is 14.1 Å². The number of amides is 1. The van der Waals surface area contributed by atoms with Crippen molar-refractivity contribution in [3.05, 3.63) is 71.5 Å². The highest BCUT2D eigenvalue weighted by Crippen LogP contribution is 2.29. The zero-order valence-electron chi connectivity index (χ0n) is 16.9. The van der Waals surface area contributed by atoms with Crippen molar-refractivity contribution in [2.45, 2.75) is 31.2 Å². The zero-order valence-corrected chi connectivity index (χ0v) is 17.7. The van der Waals surface area contributed by atoms with E-state index in [9.17, 15) is 13.2 Å². The van der Waals surface area contributed by atoms with E-state index in [1.54, 1.807) is 23.1 Å². The molecule has 1 aromatic heterocycles. The van der Waals surface area contributed by atoms with Gasteiger partial charge in [0.05, 0.1) is 11.9 Å². The minimum atomic E-state index is -3.36. The standard InChI is InChI=1S/C23H25NO5S/c1-30(26,27)16-20-19-11-5-6-12-21(19)29-22(20)23(25)24(15-18-10-7-13-28-18)14-17-8-3-2-4-9-17/h2-6,8-9,11-12,18H,7,10,13-16H2,1H3. The Labute approximate surface area is 176 Å². The molecule has 6 nitrogen and oxygen atoms in total. The maximum Gasteiger partial charge on any atom is 0.290 e. The van der Waals surface area contributed by atoms with Crippen LogP contribution in [0.15, 0.2) is 59.0 Å². The van der Waals surface area contributed by atoms with Crippen molar-refractivity contribution >= 4 is 26.7 Å². The van der Waals surface area contributed by atoms with Crippen molar-refractivity contribution in [1.29, 1.82) is 0 Å². The summed E-state index contributed by atoms with van der Waals surface area (Å²) in [7, 11) is -3.36. The van der Waals surface area contributed by atoms with Crippen LogP contribution in [0.25, 0.3) is 11.0 Å². The number of benzene rings is 2. The number of rotatable bonds is 7. The first-order valence-electron chi connectivity index (χ1n) is 10.0. The second kappa shape index (κ2) is 8.62. The highest BCUT2D eigenvalue weighted by Gasteiger charge is 2.29. The molecule has 0 N–H and O–H groups in total. The summed E-state index contributed by atoms with van der Waals surface area (Å²) in [4.78, 5) is 15.3. The predicted molar refractivity (Wildman–Crippen MR) is 115 cm³/mol. The van der Waals surface area contributed by atoms with E-state index in [0.717, 1.165) is 24.7 Å². The Morgan fingerprint density at radius 3 is 2.53 bits per heavy atom. The van der Waals surface area contributed by atoms with Crippen molar-refractivity contribution in [1.82, 2.24) is 4.90 Å². The molecule has 1 amide bonds.